The number of hydrogen-bond acceptors (Lipinski definition) is 20. The number of hydrogen-bond donors (Lipinski definition) is 7. The number of ether oxygens (including phenoxy) is 4. The number of sulfone groups is 1. The van der Waals surface area contributed by atoms with Crippen LogP contribution in [0.4, 0.5) is 11.6 Å². The molecule has 8 rings (SSSR count). The van der Waals surface area contributed by atoms with Crippen molar-refractivity contribution in [3.05, 3.63) is 25.3 Å². The molecule has 21 nitrogen and oxygen atoms in total. The Labute approximate surface area is 341 Å². The molecule has 0 bridgehead atoms. The first-order valence-corrected chi connectivity index (χ1v) is 21.4. The summed E-state index contributed by atoms with van der Waals surface area (Å²) in [4.78, 5) is 25.8. The predicted octanol–water partition coefficient (Wildman–Crippen LogP) is 0.361. The molecule has 2 unspecified atom stereocenters. The lowest BCUT2D eigenvalue weighted by molar-refractivity contribution is -0.0292. The lowest BCUT2D eigenvalue weighted by atomic mass is 10.1. The number of anilines is 2. The summed E-state index contributed by atoms with van der Waals surface area (Å²) in [6.45, 7) is 6.20. The zero-order valence-electron chi connectivity index (χ0n) is 31.2. The molecule has 8 heterocycles. The minimum atomic E-state index is -3.38. The maximum atomic E-state index is 11.9. The van der Waals surface area contributed by atoms with Crippen molar-refractivity contribution in [2.75, 3.05) is 67.2 Å². The van der Waals surface area contributed by atoms with E-state index in [4.69, 9.17) is 24.1 Å². The number of aliphatic hydroxyl groups excluding tert-OH is 5. The molecule has 326 valence electrons. The van der Waals surface area contributed by atoms with Crippen LogP contribution in [0.5, 0.6) is 0 Å². The number of imidazole rings is 2. The van der Waals surface area contributed by atoms with Crippen LogP contribution in [-0.4, -0.2) is 178 Å². The summed E-state index contributed by atoms with van der Waals surface area (Å²) in [5, 5.41) is 55.0. The van der Waals surface area contributed by atoms with Crippen LogP contribution < -0.4 is 10.6 Å². The number of nitrogens with one attached hydrogen (secondary N) is 2. The van der Waals surface area contributed by atoms with Gasteiger partial charge in [-0.1, -0.05) is 28.7 Å². The number of fused-ring (bicyclic) bond motifs is 2. The number of aliphatic hydroxyl groups is 5. The van der Waals surface area contributed by atoms with Gasteiger partial charge in [-0.25, -0.2) is 38.3 Å². The highest BCUT2D eigenvalue weighted by Gasteiger charge is 2.46. The molecular weight excluding hydrogens is 801 g/mol. The van der Waals surface area contributed by atoms with Crippen molar-refractivity contribution in [3.63, 3.8) is 0 Å². The van der Waals surface area contributed by atoms with Crippen LogP contribution in [-0.2, 0) is 28.8 Å². The number of rotatable bonds is 12. The second-order valence-corrected chi connectivity index (χ2v) is 17.2. The van der Waals surface area contributed by atoms with Gasteiger partial charge in [-0.05, 0) is 18.6 Å². The lowest BCUT2D eigenvalue weighted by Gasteiger charge is -2.17. The Morgan fingerprint density at radius 2 is 1.19 bits per heavy atom. The van der Waals surface area contributed by atoms with Crippen LogP contribution in [0.2, 0.25) is 0 Å². The zero-order valence-corrected chi connectivity index (χ0v) is 32.9. The Hall–Kier alpha value is -3.36. The van der Waals surface area contributed by atoms with Crippen molar-refractivity contribution in [1.82, 2.24) is 39.0 Å². The SMILES string of the molecule is C.C.CCS(=O)(=O)C[C@H]1OC(n2cnc3c(N[C@@H]4CCOC4)ncnc32)[C@H](O)[C@@H]1O.CCSC[C@H]1OC(n2cnc3c(N[C@@H]4CCOC4)ncnc32)[C@H](O)[C@@H]1O.CO. The molecular formula is C35H58N10O11S2. The van der Waals surface area contributed by atoms with Crippen molar-refractivity contribution in [1.29, 1.82) is 0 Å². The molecule has 0 spiro atoms. The summed E-state index contributed by atoms with van der Waals surface area (Å²) in [6.07, 6.45) is -0.196. The van der Waals surface area contributed by atoms with Crippen molar-refractivity contribution >= 4 is 55.6 Å². The molecule has 4 saturated heterocycles. The van der Waals surface area contributed by atoms with Gasteiger partial charge in [0.15, 0.2) is 56.3 Å². The summed E-state index contributed by atoms with van der Waals surface area (Å²) >= 11 is 1.67. The zero-order chi connectivity index (χ0) is 40.0. The van der Waals surface area contributed by atoms with E-state index in [0.717, 1.165) is 32.3 Å². The van der Waals surface area contributed by atoms with Gasteiger partial charge in [0, 0.05) is 31.8 Å². The summed E-state index contributed by atoms with van der Waals surface area (Å²) < 4.78 is 49.3. The van der Waals surface area contributed by atoms with E-state index in [-0.39, 0.29) is 38.4 Å². The monoisotopic (exact) mass is 858 g/mol. The second kappa shape index (κ2) is 21.2. The third-order valence-electron chi connectivity index (χ3n) is 9.83. The van der Waals surface area contributed by atoms with Crippen molar-refractivity contribution in [2.45, 2.75) is 103 Å². The Kier molecular flexibility index (Phi) is 17.3. The molecule has 0 amide bonds. The van der Waals surface area contributed by atoms with Crippen molar-refractivity contribution < 1.29 is 52.9 Å². The van der Waals surface area contributed by atoms with E-state index >= 15 is 0 Å². The van der Waals surface area contributed by atoms with Crippen molar-refractivity contribution in [3.8, 4) is 0 Å². The van der Waals surface area contributed by atoms with E-state index in [1.807, 2.05) is 6.92 Å². The minimum absolute atomic E-state index is 0. The molecule has 4 aromatic heterocycles. The van der Waals surface area contributed by atoms with Gasteiger partial charge in [0.2, 0.25) is 0 Å². The highest BCUT2D eigenvalue weighted by atomic mass is 32.2. The average Bonchev–Trinajstić information content (AvgIpc) is 4.08. The Morgan fingerprint density at radius 3 is 1.62 bits per heavy atom. The molecule has 4 fully saturated rings. The van der Waals surface area contributed by atoms with Gasteiger partial charge in [0.25, 0.3) is 0 Å². The number of aromatic nitrogens is 8. The fourth-order valence-corrected chi connectivity index (χ4v) is 8.52. The van der Waals surface area contributed by atoms with Gasteiger partial charge in [-0.2, -0.15) is 11.8 Å². The van der Waals surface area contributed by atoms with Crippen molar-refractivity contribution in [2.24, 2.45) is 0 Å². The Bertz CT molecular complexity index is 1980. The number of thioether (sulfide) groups is 1. The molecule has 0 saturated carbocycles. The molecule has 10 atom stereocenters. The Balaban J connectivity index is 0.000000239. The molecule has 58 heavy (non-hydrogen) atoms. The molecule has 23 heteroatoms. The first kappa shape index (κ1) is 47.3. The van der Waals surface area contributed by atoms with E-state index in [1.165, 1.54) is 30.5 Å². The smallest absolute Gasteiger partial charge is 0.167 e. The van der Waals surface area contributed by atoms with Crippen LogP contribution in [0.1, 0.15) is 54.0 Å². The first-order chi connectivity index (χ1) is 27.1. The van der Waals surface area contributed by atoms with E-state index in [0.29, 0.717) is 59.5 Å². The predicted molar refractivity (Wildman–Crippen MR) is 217 cm³/mol. The first-order valence-electron chi connectivity index (χ1n) is 18.4. The van der Waals surface area contributed by atoms with Gasteiger partial charge >= 0.3 is 0 Å². The van der Waals surface area contributed by atoms with Crippen LogP contribution >= 0.6 is 11.8 Å². The quantitative estimate of drug-likeness (QED) is 0.101. The van der Waals surface area contributed by atoms with E-state index in [2.05, 4.69) is 40.5 Å². The molecule has 4 aliphatic heterocycles. The normalized spacial score (nSPS) is 29.2. The second-order valence-electron chi connectivity index (χ2n) is 13.5. The van der Waals surface area contributed by atoms with Crippen LogP contribution in [0.25, 0.3) is 22.3 Å². The van der Waals surface area contributed by atoms with Gasteiger partial charge in [0.1, 0.15) is 43.2 Å². The number of nitrogens with zero attached hydrogens (tertiary/aromatic N) is 8. The van der Waals surface area contributed by atoms with Crippen LogP contribution in [0.3, 0.4) is 0 Å². The third kappa shape index (κ3) is 10.3. The van der Waals surface area contributed by atoms with Gasteiger partial charge in [-0.3, -0.25) is 9.13 Å². The Morgan fingerprint density at radius 1 is 0.724 bits per heavy atom. The van der Waals surface area contributed by atoms with Crippen LogP contribution in [0, 0.1) is 0 Å². The molecule has 4 aromatic rings. The van der Waals surface area contributed by atoms with E-state index < -0.39 is 58.9 Å². The average molecular weight is 859 g/mol. The van der Waals surface area contributed by atoms with Gasteiger partial charge in [0.05, 0.1) is 49.8 Å². The molecule has 4 aliphatic rings. The van der Waals surface area contributed by atoms with E-state index in [1.54, 1.807) is 22.7 Å². The lowest BCUT2D eigenvalue weighted by Crippen LogP contribution is -2.35. The summed E-state index contributed by atoms with van der Waals surface area (Å²) in [7, 11) is -2.38. The van der Waals surface area contributed by atoms with E-state index in [9.17, 15) is 28.8 Å². The molecule has 0 aromatic carbocycles. The van der Waals surface area contributed by atoms with Gasteiger partial charge in [-0.15, -0.1) is 0 Å². The highest BCUT2D eigenvalue weighted by molar-refractivity contribution is 7.99. The third-order valence-corrected chi connectivity index (χ3v) is 12.5. The fourth-order valence-electron chi connectivity index (χ4n) is 6.77. The summed E-state index contributed by atoms with van der Waals surface area (Å²) in [5.74, 6) is 2.29. The standard InChI is InChI=1S/C16H23N5O6S.C16H23N5O4S.CH4O.2CH4/c1-2-28(24,25)6-10-12(22)13(23)16(27-10)21-8-19-11-14(17-7-18-15(11)21)20-9-3-4-26-5-9;1-2-26-6-10-12(22)13(23)16(25-10)21-8-19-11-14(17-7-18-15(11)21)20-9-3-4-24-5-9;1-2;;/h7-10,12-13,16,22-23H,2-6H2,1H3,(H,17,18,20);7-10,12-13,16,22-23H,2-6H2,1H3,(H,17,18,20);2H,1H3;2*1H4/t2*9-,10-,12-,13-,16?;;;/m11.../s1. The molecule has 0 radical (unpaired) electrons. The minimum Gasteiger partial charge on any atom is -0.400 e. The largest absolute Gasteiger partial charge is 0.400 e. The van der Waals surface area contributed by atoms with Gasteiger partial charge < -0.3 is 55.1 Å². The maximum absolute atomic E-state index is 11.9. The van der Waals surface area contributed by atoms with Crippen LogP contribution in [0.15, 0.2) is 25.3 Å². The summed E-state index contributed by atoms with van der Waals surface area (Å²) in [5.41, 5.74) is 2.06. The fraction of sp³-hybridized carbons (Fsp3) is 0.714. The maximum Gasteiger partial charge on any atom is 0.167 e. The summed E-state index contributed by atoms with van der Waals surface area (Å²) in [6, 6.07) is 0.325. The topological polar surface area (TPSA) is 283 Å². The molecule has 0 aliphatic carbocycles. The highest BCUT2D eigenvalue weighted by Crippen LogP contribution is 2.35. The molecule has 7 N–H and O–H groups in total.